The molecule has 1 aromatic heterocycles. The highest BCUT2D eigenvalue weighted by Crippen LogP contribution is 2.24. The minimum Gasteiger partial charge on any atom is -0.369 e. The molecule has 20 heavy (non-hydrogen) atoms. The predicted octanol–water partition coefficient (Wildman–Crippen LogP) is 4.33. The van der Waals surface area contributed by atoms with Crippen LogP contribution in [0.4, 0.5) is 10.2 Å². The Morgan fingerprint density at radius 1 is 1.25 bits per heavy atom. The van der Waals surface area contributed by atoms with Crippen molar-refractivity contribution in [1.29, 1.82) is 0 Å². The predicted molar refractivity (Wildman–Crippen MR) is 88.4 cm³/mol. The van der Waals surface area contributed by atoms with Gasteiger partial charge in [0.2, 0.25) is 0 Å². The molecule has 5 heteroatoms. The summed E-state index contributed by atoms with van der Waals surface area (Å²) in [6.45, 7) is 6.68. The molecule has 106 valence electrons. The first-order valence-electron chi connectivity index (χ1n) is 6.57. The molecule has 0 spiro atoms. The van der Waals surface area contributed by atoms with Crippen molar-refractivity contribution >= 4 is 28.4 Å². The van der Waals surface area contributed by atoms with E-state index in [0.717, 1.165) is 33.6 Å². The van der Waals surface area contributed by atoms with Gasteiger partial charge in [0.25, 0.3) is 0 Å². The first kappa shape index (κ1) is 15.2. The summed E-state index contributed by atoms with van der Waals surface area (Å²) in [6.07, 6.45) is 1.03. The molecule has 0 amide bonds. The lowest BCUT2D eigenvalue weighted by Gasteiger charge is -2.11. The third kappa shape index (κ3) is 3.26. The number of halogens is 2. The summed E-state index contributed by atoms with van der Waals surface area (Å²) in [4.78, 5) is 9.06. The number of aromatic nitrogens is 2. The lowest BCUT2D eigenvalue weighted by atomic mass is 10.1. The molecular formula is C15H17FIN3. The van der Waals surface area contributed by atoms with Crippen molar-refractivity contribution in [3.63, 3.8) is 0 Å². The summed E-state index contributed by atoms with van der Waals surface area (Å²) >= 11 is 2.25. The number of nitrogens with zero attached hydrogens (tertiary/aromatic N) is 2. The minimum atomic E-state index is -0.208. The van der Waals surface area contributed by atoms with E-state index >= 15 is 0 Å². The second-order valence-electron chi connectivity index (χ2n) is 4.69. The maximum absolute atomic E-state index is 13.3. The average molecular weight is 385 g/mol. The number of aryl methyl sites for hydroxylation is 2. The number of hydrogen-bond acceptors (Lipinski definition) is 3. The highest BCUT2D eigenvalue weighted by Gasteiger charge is 2.11. The lowest BCUT2D eigenvalue weighted by molar-refractivity contribution is 0.618. The van der Waals surface area contributed by atoms with Crippen LogP contribution >= 0.6 is 22.6 Å². The summed E-state index contributed by atoms with van der Waals surface area (Å²) in [5.41, 5.74) is 2.37. The van der Waals surface area contributed by atoms with Crippen LogP contribution in [-0.4, -0.2) is 16.5 Å². The molecule has 0 fully saturated rings. The van der Waals surface area contributed by atoms with E-state index in [1.165, 1.54) is 6.07 Å². The molecule has 3 nitrogen and oxygen atoms in total. The zero-order valence-corrected chi connectivity index (χ0v) is 14.0. The molecule has 1 heterocycles. The fourth-order valence-corrected chi connectivity index (χ4v) is 2.26. The molecule has 0 aliphatic rings. The van der Waals surface area contributed by atoms with Gasteiger partial charge < -0.3 is 5.32 Å². The maximum atomic E-state index is 13.3. The average Bonchev–Trinajstić information content (AvgIpc) is 2.43. The highest BCUT2D eigenvalue weighted by molar-refractivity contribution is 14.1. The van der Waals surface area contributed by atoms with Gasteiger partial charge in [0.1, 0.15) is 11.6 Å². The second kappa shape index (κ2) is 6.47. The molecule has 0 aliphatic carbocycles. The van der Waals surface area contributed by atoms with E-state index in [4.69, 9.17) is 0 Å². The van der Waals surface area contributed by atoms with E-state index in [-0.39, 0.29) is 5.82 Å². The Morgan fingerprint density at radius 3 is 2.65 bits per heavy atom. The molecule has 0 atom stereocenters. The molecule has 2 aromatic rings. The Balaban J connectivity index is 2.45. The van der Waals surface area contributed by atoms with Gasteiger partial charge in [-0.15, -0.1) is 0 Å². The van der Waals surface area contributed by atoms with Gasteiger partial charge in [-0.2, -0.15) is 0 Å². The number of hydrogen-bond donors (Lipinski definition) is 1. The van der Waals surface area contributed by atoms with Crippen molar-refractivity contribution in [3.8, 4) is 11.4 Å². The van der Waals surface area contributed by atoms with Gasteiger partial charge in [0.05, 0.1) is 9.26 Å². The number of anilines is 1. The van der Waals surface area contributed by atoms with Crippen molar-refractivity contribution in [2.75, 3.05) is 11.9 Å². The van der Waals surface area contributed by atoms with Crippen LogP contribution in [0.1, 0.15) is 24.6 Å². The fourth-order valence-electron chi connectivity index (χ4n) is 1.83. The van der Waals surface area contributed by atoms with Crippen molar-refractivity contribution < 1.29 is 4.39 Å². The van der Waals surface area contributed by atoms with Gasteiger partial charge in [-0.05, 0) is 66.6 Å². The number of benzene rings is 1. The Kier molecular flexibility index (Phi) is 4.91. The minimum absolute atomic E-state index is 0.208. The van der Waals surface area contributed by atoms with E-state index in [0.29, 0.717) is 11.4 Å². The standard InChI is InChI=1S/C15H17FIN3/c1-4-7-18-15-13(17)10(3)19-14(20-15)11-5-6-12(16)9(2)8-11/h5-6,8H,4,7H2,1-3H3,(H,18,19,20). The Hall–Kier alpha value is -1.24. The van der Waals surface area contributed by atoms with E-state index in [9.17, 15) is 4.39 Å². The second-order valence-corrected chi connectivity index (χ2v) is 5.76. The molecule has 2 rings (SSSR count). The van der Waals surface area contributed by atoms with Crippen LogP contribution in [-0.2, 0) is 0 Å². The molecule has 0 bridgehead atoms. The number of rotatable bonds is 4. The largest absolute Gasteiger partial charge is 0.369 e. The van der Waals surface area contributed by atoms with Gasteiger partial charge in [0.15, 0.2) is 5.82 Å². The van der Waals surface area contributed by atoms with E-state index < -0.39 is 0 Å². The van der Waals surface area contributed by atoms with Crippen LogP contribution in [0.25, 0.3) is 11.4 Å². The molecule has 1 N–H and O–H groups in total. The summed E-state index contributed by atoms with van der Waals surface area (Å²) in [5.74, 6) is 1.27. The van der Waals surface area contributed by atoms with E-state index in [2.05, 4.69) is 44.8 Å². The zero-order chi connectivity index (χ0) is 14.7. The van der Waals surface area contributed by atoms with Crippen LogP contribution in [0, 0.1) is 23.2 Å². The van der Waals surface area contributed by atoms with Gasteiger partial charge >= 0.3 is 0 Å². The molecular weight excluding hydrogens is 368 g/mol. The molecule has 0 saturated heterocycles. The summed E-state index contributed by atoms with van der Waals surface area (Å²) < 4.78 is 14.4. The highest BCUT2D eigenvalue weighted by atomic mass is 127. The van der Waals surface area contributed by atoms with Gasteiger partial charge in [-0.25, -0.2) is 14.4 Å². The van der Waals surface area contributed by atoms with Crippen LogP contribution in [0.2, 0.25) is 0 Å². The smallest absolute Gasteiger partial charge is 0.161 e. The third-order valence-electron chi connectivity index (χ3n) is 2.98. The summed E-state index contributed by atoms with van der Waals surface area (Å²) in [5, 5.41) is 3.31. The van der Waals surface area contributed by atoms with Crippen molar-refractivity contribution in [1.82, 2.24) is 9.97 Å². The van der Waals surface area contributed by atoms with Gasteiger partial charge in [-0.1, -0.05) is 6.92 Å². The molecule has 1 aromatic carbocycles. The first-order valence-corrected chi connectivity index (χ1v) is 7.65. The van der Waals surface area contributed by atoms with Crippen LogP contribution in [0.3, 0.4) is 0 Å². The monoisotopic (exact) mass is 385 g/mol. The maximum Gasteiger partial charge on any atom is 0.161 e. The first-order chi connectivity index (χ1) is 9.52. The molecule has 0 aliphatic heterocycles. The van der Waals surface area contributed by atoms with Gasteiger partial charge in [0, 0.05) is 12.1 Å². The number of nitrogens with one attached hydrogen (secondary N) is 1. The lowest BCUT2D eigenvalue weighted by Crippen LogP contribution is -2.07. The van der Waals surface area contributed by atoms with E-state index in [1.807, 2.05) is 6.92 Å². The Labute approximate surface area is 132 Å². The fraction of sp³-hybridized carbons (Fsp3) is 0.333. The Bertz CT molecular complexity index is 629. The SMILES string of the molecule is CCCNc1nc(-c2ccc(F)c(C)c2)nc(C)c1I. The molecule has 0 saturated carbocycles. The van der Waals surface area contributed by atoms with E-state index in [1.54, 1.807) is 19.1 Å². The van der Waals surface area contributed by atoms with Crippen molar-refractivity contribution in [2.45, 2.75) is 27.2 Å². The Morgan fingerprint density at radius 2 is 2.00 bits per heavy atom. The van der Waals surface area contributed by atoms with Crippen LogP contribution in [0.5, 0.6) is 0 Å². The normalized spacial score (nSPS) is 10.7. The van der Waals surface area contributed by atoms with Crippen LogP contribution < -0.4 is 5.32 Å². The zero-order valence-electron chi connectivity index (χ0n) is 11.8. The molecule has 0 unspecified atom stereocenters. The van der Waals surface area contributed by atoms with Crippen molar-refractivity contribution in [2.24, 2.45) is 0 Å². The van der Waals surface area contributed by atoms with Crippen LogP contribution in [0.15, 0.2) is 18.2 Å². The topological polar surface area (TPSA) is 37.8 Å². The summed E-state index contributed by atoms with van der Waals surface area (Å²) in [7, 11) is 0. The quantitative estimate of drug-likeness (QED) is 0.797. The summed E-state index contributed by atoms with van der Waals surface area (Å²) in [6, 6.07) is 4.95. The van der Waals surface area contributed by atoms with Gasteiger partial charge in [-0.3, -0.25) is 0 Å². The molecule has 0 radical (unpaired) electrons. The third-order valence-corrected chi connectivity index (χ3v) is 4.27. The van der Waals surface area contributed by atoms with Crippen molar-refractivity contribution in [3.05, 3.63) is 38.8 Å².